The summed E-state index contributed by atoms with van der Waals surface area (Å²) >= 11 is 0. The van der Waals surface area contributed by atoms with Crippen LogP contribution in [0.1, 0.15) is 26.7 Å². The summed E-state index contributed by atoms with van der Waals surface area (Å²) in [6.45, 7) is 3.26. The SMILES string of the molecule is CC(=CCCC(C)O)COC1OC(CO)C(O)C(O)C1O. The van der Waals surface area contributed by atoms with Gasteiger partial charge in [0.2, 0.25) is 0 Å². The van der Waals surface area contributed by atoms with Crippen LogP contribution in [0, 0.1) is 0 Å². The fourth-order valence-electron chi connectivity index (χ4n) is 2.05. The molecule has 0 aliphatic carbocycles. The monoisotopic (exact) mass is 306 g/mol. The number of hydrogen-bond acceptors (Lipinski definition) is 7. The molecule has 0 spiro atoms. The Labute approximate surface area is 124 Å². The van der Waals surface area contributed by atoms with Gasteiger partial charge in [-0.2, -0.15) is 0 Å². The molecule has 0 bridgehead atoms. The predicted octanol–water partition coefficient (Wildman–Crippen LogP) is -1.09. The van der Waals surface area contributed by atoms with Crippen LogP contribution in [-0.4, -0.2) is 75.6 Å². The maximum Gasteiger partial charge on any atom is 0.187 e. The van der Waals surface area contributed by atoms with Gasteiger partial charge in [0.15, 0.2) is 6.29 Å². The molecular formula is C14H26O7. The van der Waals surface area contributed by atoms with Gasteiger partial charge in [-0.25, -0.2) is 0 Å². The lowest BCUT2D eigenvalue weighted by atomic mass is 9.99. The molecule has 1 aliphatic rings. The third-order valence-electron chi connectivity index (χ3n) is 3.40. The first-order chi connectivity index (χ1) is 9.86. The third kappa shape index (κ3) is 5.63. The van der Waals surface area contributed by atoms with Gasteiger partial charge in [0.1, 0.15) is 24.4 Å². The predicted molar refractivity (Wildman–Crippen MR) is 74.4 cm³/mol. The Morgan fingerprint density at radius 3 is 2.48 bits per heavy atom. The summed E-state index contributed by atoms with van der Waals surface area (Å²) in [7, 11) is 0. The second-order valence-electron chi connectivity index (χ2n) is 5.49. The maximum absolute atomic E-state index is 9.79. The Morgan fingerprint density at radius 1 is 1.24 bits per heavy atom. The number of hydrogen-bond donors (Lipinski definition) is 5. The maximum atomic E-state index is 9.79. The first-order valence-electron chi connectivity index (χ1n) is 7.12. The largest absolute Gasteiger partial charge is 0.394 e. The van der Waals surface area contributed by atoms with E-state index in [9.17, 15) is 15.3 Å². The topological polar surface area (TPSA) is 120 Å². The zero-order chi connectivity index (χ0) is 16.0. The van der Waals surface area contributed by atoms with Crippen LogP contribution < -0.4 is 0 Å². The van der Waals surface area contributed by atoms with Crippen molar-refractivity contribution in [1.82, 2.24) is 0 Å². The normalized spacial score (nSPS) is 35.8. The van der Waals surface area contributed by atoms with Gasteiger partial charge in [-0.05, 0) is 26.7 Å². The van der Waals surface area contributed by atoms with E-state index in [4.69, 9.17) is 19.7 Å². The highest BCUT2D eigenvalue weighted by Gasteiger charge is 2.43. The number of aliphatic hydroxyl groups excluding tert-OH is 5. The summed E-state index contributed by atoms with van der Waals surface area (Å²) < 4.78 is 10.6. The minimum absolute atomic E-state index is 0.183. The van der Waals surface area contributed by atoms with Crippen molar-refractivity contribution >= 4 is 0 Å². The molecule has 0 amide bonds. The number of aliphatic hydroxyl groups is 5. The first kappa shape index (κ1) is 18.5. The van der Waals surface area contributed by atoms with E-state index in [2.05, 4.69) is 0 Å². The molecule has 1 fully saturated rings. The van der Waals surface area contributed by atoms with Crippen LogP contribution in [0.5, 0.6) is 0 Å². The molecule has 0 aromatic rings. The summed E-state index contributed by atoms with van der Waals surface area (Å²) in [4.78, 5) is 0. The molecule has 6 atom stereocenters. The molecule has 1 rings (SSSR count). The summed E-state index contributed by atoms with van der Waals surface area (Å²) in [5.41, 5.74) is 0.896. The van der Waals surface area contributed by atoms with E-state index in [1.807, 2.05) is 13.0 Å². The quantitative estimate of drug-likeness (QED) is 0.379. The van der Waals surface area contributed by atoms with Crippen LogP contribution in [0.15, 0.2) is 11.6 Å². The van der Waals surface area contributed by atoms with Crippen LogP contribution in [0.3, 0.4) is 0 Å². The molecule has 0 radical (unpaired) electrons. The molecule has 0 aromatic carbocycles. The standard InChI is InChI=1S/C14H26O7/c1-8(4-3-5-9(2)16)7-20-14-13(19)12(18)11(17)10(6-15)21-14/h4,9-19H,3,5-7H2,1-2H3. The molecule has 1 aliphatic heterocycles. The summed E-state index contributed by atoms with van der Waals surface area (Å²) in [5.74, 6) is 0. The lowest BCUT2D eigenvalue weighted by Gasteiger charge is -2.39. The van der Waals surface area contributed by atoms with E-state index in [-0.39, 0.29) is 12.7 Å². The molecule has 21 heavy (non-hydrogen) atoms. The molecule has 0 saturated carbocycles. The minimum atomic E-state index is -1.43. The fourth-order valence-corrected chi connectivity index (χ4v) is 2.05. The highest BCUT2D eigenvalue weighted by atomic mass is 16.7. The van der Waals surface area contributed by atoms with Gasteiger partial charge >= 0.3 is 0 Å². The zero-order valence-corrected chi connectivity index (χ0v) is 12.4. The molecule has 7 heteroatoms. The lowest BCUT2D eigenvalue weighted by Crippen LogP contribution is -2.59. The average molecular weight is 306 g/mol. The molecule has 1 saturated heterocycles. The van der Waals surface area contributed by atoms with E-state index < -0.39 is 37.3 Å². The number of rotatable bonds is 7. The van der Waals surface area contributed by atoms with Gasteiger partial charge in [-0.15, -0.1) is 0 Å². The zero-order valence-electron chi connectivity index (χ0n) is 12.4. The highest BCUT2D eigenvalue weighted by Crippen LogP contribution is 2.22. The Hall–Kier alpha value is -0.540. The van der Waals surface area contributed by atoms with E-state index in [1.165, 1.54) is 0 Å². The highest BCUT2D eigenvalue weighted by molar-refractivity contribution is 4.99. The van der Waals surface area contributed by atoms with Crippen molar-refractivity contribution in [3.63, 3.8) is 0 Å². The molecular weight excluding hydrogens is 280 g/mol. The average Bonchev–Trinajstić information content (AvgIpc) is 2.43. The molecule has 7 nitrogen and oxygen atoms in total. The second-order valence-corrected chi connectivity index (χ2v) is 5.49. The van der Waals surface area contributed by atoms with Crippen molar-refractivity contribution in [3.8, 4) is 0 Å². The van der Waals surface area contributed by atoms with Gasteiger partial charge in [-0.3, -0.25) is 0 Å². The number of allylic oxidation sites excluding steroid dienone is 1. The Balaban J connectivity index is 2.46. The van der Waals surface area contributed by atoms with E-state index in [1.54, 1.807) is 6.92 Å². The molecule has 5 N–H and O–H groups in total. The van der Waals surface area contributed by atoms with Crippen LogP contribution in [-0.2, 0) is 9.47 Å². The van der Waals surface area contributed by atoms with Gasteiger partial charge in [0.25, 0.3) is 0 Å². The lowest BCUT2D eigenvalue weighted by molar-refractivity contribution is -0.299. The van der Waals surface area contributed by atoms with Crippen molar-refractivity contribution in [2.45, 2.75) is 63.5 Å². The van der Waals surface area contributed by atoms with Crippen LogP contribution >= 0.6 is 0 Å². The van der Waals surface area contributed by atoms with Crippen molar-refractivity contribution in [3.05, 3.63) is 11.6 Å². The summed E-state index contributed by atoms with van der Waals surface area (Å²) in [6, 6.07) is 0. The minimum Gasteiger partial charge on any atom is -0.394 e. The molecule has 6 unspecified atom stereocenters. The van der Waals surface area contributed by atoms with Gasteiger partial charge in [0.05, 0.1) is 19.3 Å². The van der Waals surface area contributed by atoms with Crippen LogP contribution in [0.2, 0.25) is 0 Å². The summed E-state index contributed by atoms with van der Waals surface area (Å²) in [5, 5.41) is 47.3. The van der Waals surface area contributed by atoms with Crippen LogP contribution in [0.4, 0.5) is 0 Å². The second kappa shape index (κ2) is 8.79. The molecule has 124 valence electrons. The van der Waals surface area contributed by atoms with Crippen molar-refractivity contribution < 1.29 is 35.0 Å². The molecule has 0 aromatic heterocycles. The van der Waals surface area contributed by atoms with Gasteiger partial charge < -0.3 is 35.0 Å². The van der Waals surface area contributed by atoms with Crippen LogP contribution in [0.25, 0.3) is 0 Å². The van der Waals surface area contributed by atoms with Gasteiger partial charge in [-0.1, -0.05) is 11.6 Å². The van der Waals surface area contributed by atoms with E-state index >= 15 is 0 Å². The van der Waals surface area contributed by atoms with E-state index in [0.717, 1.165) is 5.57 Å². The third-order valence-corrected chi connectivity index (χ3v) is 3.40. The van der Waals surface area contributed by atoms with Crippen molar-refractivity contribution in [2.75, 3.05) is 13.2 Å². The molecule has 1 heterocycles. The summed E-state index contributed by atoms with van der Waals surface area (Å²) in [6.07, 6.45) is -3.36. The Morgan fingerprint density at radius 2 is 1.90 bits per heavy atom. The first-order valence-corrected chi connectivity index (χ1v) is 7.12. The fraction of sp³-hybridized carbons (Fsp3) is 0.857. The smallest absolute Gasteiger partial charge is 0.187 e. The van der Waals surface area contributed by atoms with Crippen molar-refractivity contribution in [2.24, 2.45) is 0 Å². The number of ether oxygens (including phenoxy) is 2. The Kier molecular flexibility index (Phi) is 7.75. The van der Waals surface area contributed by atoms with E-state index in [0.29, 0.717) is 12.8 Å². The van der Waals surface area contributed by atoms with Gasteiger partial charge in [0, 0.05) is 0 Å². The Bertz CT molecular complexity index is 329. The van der Waals surface area contributed by atoms with Crippen molar-refractivity contribution in [1.29, 1.82) is 0 Å².